The van der Waals surface area contributed by atoms with Crippen molar-refractivity contribution in [3.05, 3.63) is 0 Å². The molecule has 5 heteroatoms. The molecule has 0 unspecified atom stereocenters. The highest BCUT2D eigenvalue weighted by Crippen LogP contribution is 2.01. The number of carbonyl (C=O) groups excluding carboxylic acids is 1. The normalized spacial score (nSPS) is 9.67. The van der Waals surface area contributed by atoms with Crippen molar-refractivity contribution in [2.75, 3.05) is 20.0 Å². The van der Waals surface area contributed by atoms with Gasteiger partial charge in [-0.15, -0.1) is 0 Å². The average molecular weight is 150 g/mol. The third-order valence-corrected chi connectivity index (χ3v) is 1.25. The Bertz CT molecular complexity index is 96.6. The SMILES string of the molecule is CN(C)SCOC(N)=O. The minimum absolute atomic E-state index is 0.280. The quantitative estimate of drug-likeness (QED) is 0.463. The minimum Gasteiger partial charge on any atom is -0.437 e. The van der Waals surface area contributed by atoms with Gasteiger partial charge in [0.15, 0.2) is 5.94 Å². The van der Waals surface area contributed by atoms with Crippen LogP contribution >= 0.6 is 11.9 Å². The van der Waals surface area contributed by atoms with E-state index >= 15 is 0 Å². The van der Waals surface area contributed by atoms with Gasteiger partial charge in [-0.1, -0.05) is 0 Å². The van der Waals surface area contributed by atoms with Gasteiger partial charge in [0, 0.05) is 0 Å². The van der Waals surface area contributed by atoms with Crippen LogP contribution in [0.1, 0.15) is 0 Å². The average Bonchev–Trinajstić information content (AvgIpc) is 1.63. The maximum atomic E-state index is 9.95. The summed E-state index contributed by atoms with van der Waals surface area (Å²) in [5.74, 6) is 0.280. The lowest BCUT2D eigenvalue weighted by Gasteiger charge is -2.06. The molecule has 0 aliphatic heterocycles. The number of carbonyl (C=O) groups is 1. The third-order valence-electron chi connectivity index (χ3n) is 0.512. The molecule has 0 aromatic rings. The topological polar surface area (TPSA) is 55.6 Å². The summed E-state index contributed by atoms with van der Waals surface area (Å²) in [4.78, 5) is 9.95. The number of ether oxygens (including phenoxy) is 1. The zero-order valence-corrected chi connectivity index (χ0v) is 6.27. The molecule has 0 radical (unpaired) electrons. The van der Waals surface area contributed by atoms with Crippen LogP contribution < -0.4 is 5.73 Å². The van der Waals surface area contributed by atoms with Gasteiger partial charge in [-0.25, -0.2) is 4.79 Å². The lowest BCUT2D eigenvalue weighted by atomic mass is 11.2. The van der Waals surface area contributed by atoms with Crippen LogP contribution in [0.4, 0.5) is 4.79 Å². The van der Waals surface area contributed by atoms with Crippen molar-refractivity contribution < 1.29 is 9.53 Å². The lowest BCUT2D eigenvalue weighted by molar-refractivity contribution is 0.176. The zero-order valence-electron chi connectivity index (χ0n) is 5.46. The molecule has 0 aliphatic carbocycles. The van der Waals surface area contributed by atoms with Crippen molar-refractivity contribution >= 4 is 18.0 Å². The first kappa shape index (κ1) is 8.58. The van der Waals surface area contributed by atoms with E-state index in [0.717, 1.165) is 0 Å². The van der Waals surface area contributed by atoms with Crippen LogP contribution in [0.5, 0.6) is 0 Å². The van der Waals surface area contributed by atoms with Gasteiger partial charge in [-0.05, 0) is 26.0 Å². The van der Waals surface area contributed by atoms with Crippen LogP contribution in [0.25, 0.3) is 0 Å². The summed E-state index contributed by atoms with van der Waals surface area (Å²) in [7, 11) is 3.71. The Morgan fingerprint density at radius 3 is 2.67 bits per heavy atom. The van der Waals surface area contributed by atoms with E-state index in [2.05, 4.69) is 10.5 Å². The highest BCUT2D eigenvalue weighted by Gasteiger charge is 1.93. The van der Waals surface area contributed by atoms with E-state index in [1.165, 1.54) is 11.9 Å². The van der Waals surface area contributed by atoms with Gasteiger partial charge < -0.3 is 10.5 Å². The number of amides is 1. The molecule has 4 nitrogen and oxygen atoms in total. The van der Waals surface area contributed by atoms with Crippen LogP contribution in [0.3, 0.4) is 0 Å². The molecule has 0 rings (SSSR count). The minimum atomic E-state index is -0.732. The second-order valence-electron chi connectivity index (χ2n) is 1.52. The first-order valence-electron chi connectivity index (χ1n) is 2.35. The van der Waals surface area contributed by atoms with Crippen molar-refractivity contribution in [1.82, 2.24) is 4.31 Å². The molecule has 0 aromatic heterocycles. The summed E-state index contributed by atoms with van der Waals surface area (Å²) in [6.45, 7) is 0. The smallest absolute Gasteiger partial charge is 0.405 e. The van der Waals surface area contributed by atoms with Gasteiger partial charge in [0.2, 0.25) is 0 Å². The number of hydrogen-bond acceptors (Lipinski definition) is 4. The predicted molar refractivity (Wildman–Crippen MR) is 36.8 cm³/mol. The van der Waals surface area contributed by atoms with Crippen molar-refractivity contribution in [3.63, 3.8) is 0 Å². The molecule has 1 amide bonds. The highest BCUT2D eigenvalue weighted by molar-refractivity contribution is 7.96. The van der Waals surface area contributed by atoms with Crippen LogP contribution in [0, 0.1) is 0 Å². The summed E-state index contributed by atoms with van der Waals surface area (Å²) in [5.41, 5.74) is 4.69. The van der Waals surface area contributed by atoms with Crippen LogP contribution in [0.2, 0.25) is 0 Å². The molecule has 0 saturated heterocycles. The van der Waals surface area contributed by atoms with E-state index in [9.17, 15) is 4.79 Å². The molecule has 0 saturated carbocycles. The Balaban J connectivity index is 3.01. The van der Waals surface area contributed by atoms with Gasteiger partial charge in [0.25, 0.3) is 0 Å². The second-order valence-corrected chi connectivity index (χ2v) is 2.75. The largest absolute Gasteiger partial charge is 0.437 e. The molecule has 0 heterocycles. The summed E-state index contributed by atoms with van der Waals surface area (Å²) < 4.78 is 6.24. The molecule has 0 bridgehead atoms. The van der Waals surface area contributed by atoms with E-state index < -0.39 is 6.09 Å². The number of nitrogens with two attached hydrogens (primary N) is 1. The van der Waals surface area contributed by atoms with Gasteiger partial charge in [-0.3, -0.25) is 4.31 Å². The van der Waals surface area contributed by atoms with Gasteiger partial charge in [0.1, 0.15) is 0 Å². The molecule has 9 heavy (non-hydrogen) atoms. The van der Waals surface area contributed by atoms with Crippen molar-refractivity contribution in [3.8, 4) is 0 Å². The van der Waals surface area contributed by atoms with Crippen molar-refractivity contribution in [1.29, 1.82) is 0 Å². The fraction of sp³-hybridized carbons (Fsp3) is 0.750. The highest BCUT2D eigenvalue weighted by atomic mass is 32.2. The molecule has 0 fully saturated rings. The fourth-order valence-electron chi connectivity index (χ4n) is 0.190. The Morgan fingerprint density at radius 1 is 1.78 bits per heavy atom. The Labute approximate surface area is 58.5 Å². The molecular formula is C4H10N2O2S. The summed E-state index contributed by atoms with van der Waals surface area (Å²) in [5, 5.41) is 0. The van der Waals surface area contributed by atoms with Gasteiger partial charge in [-0.2, -0.15) is 0 Å². The first-order chi connectivity index (χ1) is 4.13. The Morgan fingerprint density at radius 2 is 2.33 bits per heavy atom. The standard InChI is InChI=1S/C4H10N2O2S/c1-6(2)9-3-8-4(5)7/h3H2,1-2H3,(H2,5,7). The zero-order chi connectivity index (χ0) is 7.28. The van der Waals surface area contributed by atoms with Crippen molar-refractivity contribution in [2.24, 2.45) is 5.73 Å². The molecule has 0 atom stereocenters. The van der Waals surface area contributed by atoms with E-state index in [4.69, 9.17) is 0 Å². The van der Waals surface area contributed by atoms with Crippen molar-refractivity contribution in [2.45, 2.75) is 0 Å². The van der Waals surface area contributed by atoms with Gasteiger partial charge in [0.05, 0.1) is 0 Å². The molecule has 0 spiro atoms. The fourth-order valence-corrected chi connectivity index (χ4v) is 0.570. The third kappa shape index (κ3) is 7.58. The van der Waals surface area contributed by atoms with Crippen LogP contribution in [-0.2, 0) is 4.74 Å². The van der Waals surface area contributed by atoms with Crippen LogP contribution in [-0.4, -0.2) is 30.4 Å². The summed E-state index contributed by atoms with van der Waals surface area (Å²) in [6, 6.07) is 0. The maximum Gasteiger partial charge on any atom is 0.405 e. The lowest BCUT2D eigenvalue weighted by Crippen LogP contribution is -2.14. The van der Waals surface area contributed by atoms with Gasteiger partial charge >= 0.3 is 6.09 Å². The Kier molecular flexibility index (Phi) is 4.25. The second kappa shape index (κ2) is 4.46. The maximum absolute atomic E-state index is 9.95. The van der Waals surface area contributed by atoms with E-state index in [-0.39, 0.29) is 5.94 Å². The number of primary amides is 1. The molecular weight excluding hydrogens is 140 g/mol. The first-order valence-corrected chi connectivity index (χ1v) is 3.29. The molecule has 54 valence electrons. The molecule has 2 N–H and O–H groups in total. The molecule has 0 aromatic carbocycles. The van der Waals surface area contributed by atoms with E-state index in [1.54, 1.807) is 0 Å². The monoisotopic (exact) mass is 150 g/mol. The summed E-state index contributed by atoms with van der Waals surface area (Å²) >= 11 is 1.37. The summed E-state index contributed by atoms with van der Waals surface area (Å²) in [6.07, 6.45) is -0.732. The number of hydrogen-bond donors (Lipinski definition) is 1. The van der Waals surface area contributed by atoms with E-state index in [0.29, 0.717) is 0 Å². The number of nitrogens with zero attached hydrogens (tertiary/aromatic N) is 1. The predicted octanol–water partition coefficient (Wildman–Crippen LogP) is 0.249. The Hall–Kier alpha value is -0.420. The number of rotatable bonds is 3. The van der Waals surface area contributed by atoms with Crippen LogP contribution in [0.15, 0.2) is 0 Å². The molecule has 0 aliphatic rings. The van der Waals surface area contributed by atoms with E-state index in [1.807, 2.05) is 18.4 Å².